The minimum Gasteiger partial charge on any atom is -0.455 e. The maximum absolute atomic E-state index is 6.51. The maximum Gasteiger partial charge on any atom is 0.143 e. The molecule has 396 valence electrons. The summed E-state index contributed by atoms with van der Waals surface area (Å²) in [7, 11) is 0. The number of hydrogen-bond donors (Lipinski definition) is 0. The van der Waals surface area contributed by atoms with Crippen LogP contribution in [-0.4, -0.2) is 0 Å². The number of para-hydroxylation sites is 2. The van der Waals surface area contributed by atoms with Crippen LogP contribution in [0.15, 0.2) is 277 Å². The van der Waals surface area contributed by atoms with Crippen molar-refractivity contribution in [1.29, 1.82) is 0 Å². The van der Waals surface area contributed by atoms with E-state index in [1.54, 1.807) is 0 Å². The van der Waals surface area contributed by atoms with Crippen LogP contribution < -0.4 is 4.90 Å². The summed E-state index contributed by atoms with van der Waals surface area (Å²) >= 11 is 1.94. The first-order chi connectivity index (χ1) is 39.9. The smallest absolute Gasteiger partial charge is 0.143 e. The zero-order chi connectivity index (χ0) is 55.7. The highest BCUT2D eigenvalue weighted by molar-refractivity contribution is 7.19. The molecule has 2 heterocycles. The molecule has 0 saturated heterocycles. The standard InChI is InChI=1S/C79H63NOS/c1-77(2,3)59-40-29-56(30-41-59)75-72-69-50-39-58(51-70(69)79(61-21-12-8-13-22-61,62-23-14-9-15-24-62)73(72)76(82-75)57-31-42-60(43-32-57)78(4,5)6)54-35-46-64(47-36-54)80(63-44-33-53(34-45-63)52-19-10-7-11-20-52)65-48-37-55(38-49-65)66-26-18-27-68-67-25-16-17-28-71(67)81-74(66)68/h7-51H,1-6H3. The Labute approximate surface area is 486 Å². The van der Waals surface area contributed by atoms with Crippen molar-refractivity contribution in [2.75, 3.05) is 4.90 Å². The van der Waals surface area contributed by atoms with Crippen molar-refractivity contribution < 1.29 is 4.42 Å². The molecule has 0 atom stereocenters. The van der Waals surface area contributed by atoms with E-state index in [1.165, 1.54) is 82.1 Å². The molecule has 0 bridgehead atoms. The molecule has 13 aromatic rings. The third-order valence-electron chi connectivity index (χ3n) is 16.9. The predicted molar refractivity (Wildman–Crippen MR) is 348 cm³/mol. The number of fused-ring (bicyclic) bond motifs is 6. The number of hydrogen-bond acceptors (Lipinski definition) is 3. The van der Waals surface area contributed by atoms with Crippen LogP contribution >= 0.6 is 11.3 Å². The van der Waals surface area contributed by atoms with Gasteiger partial charge in [-0.2, -0.15) is 0 Å². The Morgan fingerprint density at radius 1 is 0.354 bits per heavy atom. The Bertz CT molecular complexity index is 4400. The van der Waals surface area contributed by atoms with Gasteiger partial charge in [-0.05, 0) is 137 Å². The number of rotatable bonds is 10. The summed E-state index contributed by atoms with van der Waals surface area (Å²) in [6, 6.07) is 101. The Kier molecular flexibility index (Phi) is 12.5. The van der Waals surface area contributed by atoms with Gasteiger partial charge in [0.15, 0.2) is 0 Å². The van der Waals surface area contributed by atoms with E-state index in [1.807, 2.05) is 23.5 Å². The Morgan fingerprint density at radius 3 is 1.34 bits per heavy atom. The molecular formula is C79H63NOS. The summed E-state index contributed by atoms with van der Waals surface area (Å²) < 4.78 is 6.51. The topological polar surface area (TPSA) is 16.4 Å². The monoisotopic (exact) mass is 1070 g/mol. The maximum atomic E-state index is 6.51. The molecule has 0 spiro atoms. The van der Waals surface area contributed by atoms with E-state index in [4.69, 9.17) is 4.42 Å². The lowest BCUT2D eigenvalue weighted by molar-refractivity contribution is 0.590. The highest BCUT2D eigenvalue weighted by Crippen LogP contribution is 2.64. The van der Waals surface area contributed by atoms with Crippen LogP contribution in [0.2, 0.25) is 0 Å². The van der Waals surface area contributed by atoms with E-state index in [2.05, 4.69) is 307 Å². The summed E-state index contributed by atoms with van der Waals surface area (Å²) in [4.78, 5) is 4.97. The molecule has 14 rings (SSSR count). The molecule has 3 heteroatoms. The second-order valence-corrected chi connectivity index (χ2v) is 25.1. The normalized spacial score (nSPS) is 12.9. The molecule has 82 heavy (non-hydrogen) atoms. The minimum absolute atomic E-state index is 0.0318. The molecule has 0 radical (unpaired) electrons. The van der Waals surface area contributed by atoms with Gasteiger partial charge < -0.3 is 9.32 Å². The first-order valence-corrected chi connectivity index (χ1v) is 29.5. The van der Waals surface area contributed by atoms with Crippen LogP contribution in [0.25, 0.3) is 87.3 Å². The van der Waals surface area contributed by atoms with E-state index in [0.29, 0.717) is 0 Å². The molecule has 2 aromatic heterocycles. The first-order valence-electron chi connectivity index (χ1n) is 28.6. The van der Waals surface area contributed by atoms with Gasteiger partial charge in [0.2, 0.25) is 0 Å². The first kappa shape index (κ1) is 50.9. The number of furan rings is 1. The molecule has 0 saturated carbocycles. The molecule has 0 fully saturated rings. The van der Waals surface area contributed by atoms with Gasteiger partial charge in [-0.1, -0.05) is 266 Å². The van der Waals surface area contributed by atoms with Crippen LogP contribution in [-0.2, 0) is 16.2 Å². The Balaban J connectivity index is 0.917. The van der Waals surface area contributed by atoms with E-state index >= 15 is 0 Å². The Hall–Kier alpha value is -9.28. The average Bonchev–Trinajstić information content (AvgIpc) is 3.40. The zero-order valence-corrected chi connectivity index (χ0v) is 48.1. The number of nitrogens with zero attached hydrogens (tertiary/aromatic N) is 1. The van der Waals surface area contributed by atoms with Gasteiger partial charge in [0, 0.05) is 48.7 Å². The zero-order valence-electron chi connectivity index (χ0n) is 47.2. The van der Waals surface area contributed by atoms with Crippen molar-refractivity contribution in [2.24, 2.45) is 0 Å². The van der Waals surface area contributed by atoms with Gasteiger partial charge in [-0.15, -0.1) is 11.3 Å². The lowest BCUT2D eigenvalue weighted by atomic mass is 9.67. The fraction of sp³-hybridized carbons (Fsp3) is 0.114. The summed E-state index contributed by atoms with van der Waals surface area (Å²) in [5.41, 5.74) is 24.2. The SMILES string of the molecule is CC(C)(C)c1ccc(-c2sc(-c3ccc(C(C)(C)C)cc3)c3c2-c2ccc(-c4ccc(N(c5ccc(-c6ccccc6)cc5)c5ccc(-c6cccc7c6oc6ccccc67)cc5)cc4)cc2C3(c2ccccc2)c2ccccc2)cc1. The third-order valence-corrected chi connectivity index (χ3v) is 18.2. The Morgan fingerprint density at radius 2 is 0.793 bits per heavy atom. The fourth-order valence-corrected chi connectivity index (χ4v) is 14.1. The number of thiophene rings is 1. The van der Waals surface area contributed by atoms with E-state index in [0.717, 1.165) is 55.7 Å². The van der Waals surface area contributed by atoms with Gasteiger partial charge in [0.05, 0.1) is 5.41 Å². The van der Waals surface area contributed by atoms with Crippen LogP contribution in [0, 0.1) is 0 Å². The molecule has 0 N–H and O–H groups in total. The predicted octanol–water partition coefficient (Wildman–Crippen LogP) is 22.4. The van der Waals surface area contributed by atoms with Crippen LogP contribution in [0.3, 0.4) is 0 Å². The van der Waals surface area contributed by atoms with Crippen molar-refractivity contribution in [1.82, 2.24) is 0 Å². The van der Waals surface area contributed by atoms with Crippen molar-refractivity contribution in [3.05, 3.63) is 306 Å². The highest BCUT2D eigenvalue weighted by atomic mass is 32.1. The van der Waals surface area contributed by atoms with Crippen LogP contribution in [0.1, 0.15) is 74.9 Å². The van der Waals surface area contributed by atoms with E-state index < -0.39 is 5.41 Å². The lowest BCUT2D eigenvalue weighted by Crippen LogP contribution is -2.28. The van der Waals surface area contributed by atoms with Crippen molar-refractivity contribution in [3.63, 3.8) is 0 Å². The van der Waals surface area contributed by atoms with Crippen molar-refractivity contribution >= 4 is 50.3 Å². The summed E-state index contributed by atoms with van der Waals surface area (Å²) in [6.45, 7) is 13.8. The third kappa shape index (κ3) is 8.71. The second-order valence-electron chi connectivity index (χ2n) is 24.0. The largest absolute Gasteiger partial charge is 0.455 e. The molecule has 1 aliphatic carbocycles. The molecule has 11 aromatic carbocycles. The van der Waals surface area contributed by atoms with Crippen LogP contribution in [0.4, 0.5) is 17.1 Å². The molecule has 0 aliphatic heterocycles. The van der Waals surface area contributed by atoms with Crippen molar-refractivity contribution in [2.45, 2.75) is 57.8 Å². The number of benzene rings is 11. The molecule has 1 aliphatic rings. The summed E-state index contributed by atoms with van der Waals surface area (Å²) in [5.74, 6) is 0. The summed E-state index contributed by atoms with van der Waals surface area (Å²) in [5, 5.41) is 2.26. The molecular weight excluding hydrogens is 1010 g/mol. The van der Waals surface area contributed by atoms with Crippen LogP contribution in [0.5, 0.6) is 0 Å². The van der Waals surface area contributed by atoms with Gasteiger partial charge in [-0.3, -0.25) is 0 Å². The van der Waals surface area contributed by atoms with Gasteiger partial charge in [0.25, 0.3) is 0 Å². The molecule has 0 unspecified atom stereocenters. The number of anilines is 3. The van der Waals surface area contributed by atoms with Gasteiger partial charge >= 0.3 is 0 Å². The van der Waals surface area contributed by atoms with E-state index in [-0.39, 0.29) is 10.8 Å². The van der Waals surface area contributed by atoms with Crippen molar-refractivity contribution in [3.8, 4) is 65.4 Å². The fourth-order valence-electron chi connectivity index (χ4n) is 12.7. The van der Waals surface area contributed by atoms with E-state index in [9.17, 15) is 0 Å². The average molecular weight is 1070 g/mol. The quantitative estimate of drug-likeness (QED) is 0.136. The summed E-state index contributed by atoms with van der Waals surface area (Å²) in [6.07, 6.45) is 0. The molecule has 0 amide bonds. The van der Waals surface area contributed by atoms with Gasteiger partial charge in [-0.25, -0.2) is 0 Å². The lowest BCUT2D eigenvalue weighted by Gasteiger charge is -2.34. The second kappa shape index (κ2) is 20.1. The minimum atomic E-state index is -0.633. The van der Waals surface area contributed by atoms with Gasteiger partial charge in [0.1, 0.15) is 11.2 Å². The highest BCUT2D eigenvalue weighted by Gasteiger charge is 2.50. The molecule has 2 nitrogen and oxygen atoms in total.